The predicted octanol–water partition coefficient (Wildman–Crippen LogP) is 5.58. The summed E-state index contributed by atoms with van der Waals surface area (Å²) in [4.78, 5) is 27.8. The van der Waals surface area contributed by atoms with Gasteiger partial charge in [0.2, 0.25) is 11.8 Å². The number of carbonyl (C=O) groups is 2. The number of aliphatic hydroxyl groups is 3. The van der Waals surface area contributed by atoms with Gasteiger partial charge in [0.25, 0.3) is 0 Å². The third-order valence-corrected chi connectivity index (χ3v) is 8.94. The van der Waals surface area contributed by atoms with E-state index >= 15 is 0 Å². The molecule has 0 aromatic rings. The highest BCUT2D eigenvalue weighted by Crippen LogP contribution is 2.26. The molecule has 0 radical (unpaired) electrons. The number of unbranched alkanes of at least 4 members (excludes halogenated alkanes) is 19. The van der Waals surface area contributed by atoms with Gasteiger partial charge in [0.1, 0.15) is 24.4 Å². The molecule has 0 aromatic carbocycles. The molecule has 5 N–H and O–H groups in total. The molecule has 1 rings (SSSR count). The Morgan fingerprint density at radius 1 is 0.682 bits per heavy atom. The number of likely N-dealkylation sites (N-methyl/N-ethyl adjacent to an activating group) is 1. The molecule has 0 aromatic heterocycles. The fraction of sp³-hybridized carbons (Fsp3) is 0.943. The van der Waals surface area contributed by atoms with Crippen molar-refractivity contribution in [2.75, 3.05) is 26.7 Å². The molecule has 9 nitrogen and oxygen atoms in total. The van der Waals surface area contributed by atoms with Crippen molar-refractivity contribution in [3.8, 4) is 0 Å². The van der Waals surface area contributed by atoms with Crippen LogP contribution in [0.2, 0.25) is 0 Å². The number of aliphatic hydroxyl groups excluding tert-OH is 3. The number of rotatable bonds is 28. The van der Waals surface area contributed by atoms with Crippen LogP contribution < -0.4 is 10.6 Å². The monoisotopic (exact) mass is 628 g/mol. The molecule has 9 heteroatoms. The van der Waals surface area contributed by atoms with E-state index in [9.17, 15) is 24.9 Å². The van der Waals surface area contributed by atoms with Gasteiger partial charge < -0.3 is 35.6 Å². The van der Waals surface area contributed by atoms with Crippen LogP contribution in [0.25, 0.3) is 0 Å². The Bertz CT molecular complexity index is 712. The van der Waals surface area contributed by atoms with Crippen molar-refractivity contribution in [3.05, 3.63) is 0 Å². The number of ether oxygens (including phenoxy) is 1. The van der Waals surface area contributed by atoms with Crippen molar-refractivity contribution < 1.29 is 29.6 Å². The molecule has 0 spiro atoms. The van der Waals surface area contributed by atoms with Gasteiger partial charge in [-0.1, -0.05) is 136 Å². The normalized spacial score (nSPS) is 21.8. The highest BCUT2D eigenvalue weighted by atomic mass is 16.5. The summed E-state index contributed by atoms with van der Waals surface area (Å²) in [6.07, 6.45) is 20.6. The molecule has 0 aliphatic carbocycles. The van der Waals surface area contributed by atoms with E-state index in [-0.39, 0.29) is 18.4 Å². The molecule has 1 aliphatic heterocycles. The maximum absolute atomic E-state index is 13.6. The molecule has 0 unspecified atom stereocenters. The summed E-state index contributed by atoms with van der Waals surface area (Å²) in [6.45, 7) is 4.45. The summed E-state index contributed by atoms with van der Waals surface area (Å²) < 4.78 is 6.05. The van der Waals surface area contributed by atoms with Crippen LogP contribution in [-0.2, 0) is 14.3 Å². The molecule has 44 heavy (non-hydrogen) atoms. The third kappa shape index (κ3) is 17.4. The van der Waals surface area contributed by atoms with E-state index in [4.69, 9.17) is 4.74 Å². The quantitative estimate of drug-likeness (QED) is 0.0716. The van der Waals surface area contributed by atoms with Crippen LogP contribution in [0.1, 0.15) is 155 Å². The fourth-order valence-electron chi connectivity index (χ4n) is 6.17. The lowest BCUT2D eigenvalue weighted by atomic mass is 9.94. The van der Waals surface area contributed by atoms with Crippen LogP contribution in [-0.4, -0.2) is 89.4 Å². The van der Waals surface area contributed by atoms with E-state index in [0.29, 0.717) is 13.0 Å². The molecule has 0 bridgehead atoms. The van der Waals surface area contributed by atoms with Gasteiger partial charge in [-0.25, -0.2) is 0 Å². The summed E-state index contributed by atoms with van der Waals surface area (Å²) >= 11 is 0. The summed E-state index contributed by atoms with van der Waals surface area (Å²) in [5.74, 6) is -0.439. The SMILES string of the molecule is CCCCCCCCCCCCCCN(C(=O)CCCCCCCCCCC)[C@@H]1O[C@H](CO)[C@@H](O)[C@H](O)[C@H]1NC(=O)CNC. The second kappa shape index (κ2) is 26.9. The first kappa shape index (κ1) is 40.8. The average molecular weight is 628 g/mol. The van der Waals surface area contributed by atoms with E-state index < -0.39 is 37.2 Å². The van der Waals surface area contributed by atoms with Crippen LogP contribution in [0.4, 0.5) is 0 Å². The zero-order valence-corrected chi connectivity index (χ0v) is 28.6. The Labute approximate surface area is 269 Å². The van der Waals surface area contributed by atoms with Crippen LogP contribution in [0.15, 0.2) is 0 Å². The van der Waals surface area contributed by atoms with Crippen LogP contribution in [0.3, 0.4) is 0 Å². The molecule has 1 saturated heterocycles. The van der Waals surface area contributed by atoms with Crippen molar-refractivity contribution in [2.24, 2.45) is 0 Å². The standard InChI is InChI=1S/C35H69N3O6/c1-4-6-8-10-12-14-15-16-18-20-22-24-26-38(31(41)25-23-21-19-17-13-11-9-7-5-2)35-32(37-30(40)27-36-3)34(43)33(42)29(28-39)44-35/h29,32-36,39,42-43H,4-28H2,1-3H3,(H,37,40)/t29-,32-,33-,34-,35-/m1/s1. The van der Waals surface area contributed by atoms with Crippen LogP contribution in [0.5, 0.6) is 0 Å². The number of nitrogens with zero attached hydrogens (tertiary/aromatic N) is 1. The summed E-state index contributed by atoms with van der Waals surface area (Å²) in [6, 6.07) is -1.00. The molecule has 1 aliphatic rings. The average Bonchev–Trinajstić information content (AvgIpc) is 3.01. The van der Waals surface area contributed by atoms with Gasteiger partial charge in [-0.2, -0.15) is 0 Å². The zero-order chi connectivity index (χ0) is 32.4. The van der Waals surface area contributed by atoms with Gasteiger partial charge in [0.05, 0.1) is 13.2 Å². The van der Waals surface area contributed by atoms with Gasteiger partial charge >= 0.3 is 0 Å². The first-order valence-corrected chi connectivity index (χ1v) is 18.3. The molecule has 0 saturated carbocycles. The van der Waals surface area contributed by atoms with E-state index in [1.54, 1.807) is 11.9 Å². The minimum absolute atomic E-state index is 0.0284. The van der Waals surface area contributed by atoms with Crippen molar-refractivity contribution in [1.29, 1.82) is 0 Å². The lowest BCUT2D eigenvalue weighted by molar-refractivity contribution is -0.231. The Hall–Kier alpha value is -1.26. The second-order valence-electron chi connectivity index (χ2n) is 12.9. The summed E-state index contributed by atoms with van der Waals surface area (Å²) in [5.41, 5.74) is 0. The zero-order valence-electron chi connectivity index (χ0n) is 28.6. The number of hydrogen-bond donors (Lipinski definition) is 5. The second-order valence-corrected chi connectivity index (χ2v) is 12.9. The van der Waals surface area contributed by atoms with Crippen LogP contribution >= 0.6 is 0 Å². The topological polar surface area (TPSA) is 131 Å². The number of nitrogens with one attached hydrogen (secondary N) is 2. The predicted molar refractivity (Wildman–Crippen MR) is 178 cm³/mol. The number of hydrogen-bond acceptors (Lipinski definition) is 7. The Morgan fingerprint density at radius 2 is 1.14 bits per heavy atom. The van der Waals surface area contributed by atoms with Gasteiger partial charge in [-0.05, 0) is 19.9 Å². The van der Waals surface area contributed by atoms with Gasteiger partial charge in [-0.3, -0.25) is 9.59 Å². The van der Waals surface area contributed by atoms with Gasteiger partial charge in [-0.15, -0.1) is 0 Å². The van der Waals surface area contributed by atoms with E-state index in [1.807, 2.05) is 0 Å². The lowest BCUT2D eigenvalue weighted by Gasteiger charge is -2.47. The largest absolute Gasteiger partial charge is 0.394 e. The Morgan fingerprint density at radius 3 is 1.59 bits per heavy atom. The molecular formula is C35H69N3O6. The minimum Gasteiger partial charge on any atom is -0.394 e. The molecule has 5 atom stereocenters. The maximum Gasteiger partial charge on any atom is 0.234 e. The van der Waals surface area contributed by atoms with Crippen molar-refractivity contribution in [3.63, 3.8) is 0 Å². The van der Waals surface area contributed by atoms with E-state index in [0.717, 1.165) is 38.5 Å². The first-order valence-electron chi connectivity index (χ1n) is 18.3. The maximum atomic E-state index is 13.6. The molecule has 1 heterocycles. The van der Waals surface area contributed by atoms with Crippen LogP contribution in [0, 0.1) is 0 Å². The number of amides is 2. The molecule has 260 valence electrons. The summed E-state index contributed by atoms with van der Waals surface area (Å²) in [5, 5.41) is 36.9. The minimum atomic E-state index is -1.38. The highest BCUT2D eigenvalue weighted by molar-refractivity contribution is 5.79. The molecular weight excluding hydrogens is 558 g/mol. The Kier molecular flexibility index (Phi) is 24.9. The van der Waals surface area contributed by atoms with Crippen molar-refractivity contribution in [2.45, 2.75) is 186 Å². The third-order valence-electron chi connectivity index (χ3n) is 8.94. The van der Waals surface area contributed by atoms with Gasteiger partial charge in [0, 0.05) is 13.0 Å². The van der Waals surface area contributed by atoms with E-state index in [2.05, 4.69) is 24.5 Å². The highest BCUT2D eigenvalue weighted by Gasteiger charge is 2.48. The van der Waals surface area contributed by atoms with Gasteiger partial charge in [0.15, 0.2) is 6.23 Å². The lowest BCUT2D eigenvalue weighted by Crippen LogP contribution is -2.69. The summed E-state index contributed by atoms with van der Waals surface area (Å²) in [7, 11) is 1.65. The number of carbonyl (C=O) groups excluding carboxylic acids is 2. The smallest absolute Gasteiger partial charge is 0.234 e. The first-order chi connectivity index (χ1) is 21.4. The molecule has 2 amide bonds. The Balaban J connectivity index is 2.72. The fourth-order valence-corrected chi connectivity index (χ4v) is 6.17. The van der Waals surface area contributed by atoms with E-state index in [1.165, 1.54) is 96.3 Å². The van der Waals surface area contributed by atoms with Crippen molar-refractivity contribution in [1.82, 2.24) is 15.5 Å². The van der Waals surface area contributed by atoms with Crippen molar-refractivity contribution >= 4 is 11.8 Å². The molecule has 1 fully saturated rings.